The number of unbranched alkanes of at least 4 members (excludes halogenated alkanes) is 1. The van der Waals surface area contributed by atoms with Gasteiger partial charge >= 0.3 is 0 Å². The second kappa shape index (κ2) is 7.72. The van der Waals surface area contributed by atoms with Crippen LogP contribution < -0.4 is 4.74 Å². The lowest BCUT2D eigenvalue weighted by atomic mass is 10.2. The predicted molar refractivity (Wildman–Crippen MR) is 62.4 cm³/mol. The Hall–Kier alpha value is -1.53. The van der Waals surface area contributed by atoms with Gasteiger partial charge in [0.15, 0.2) is 0 Å². The van der Waals surface area contributed by atoms with Gasteiger partial charge in [0, 0.05) is 6.61 Å². The molecule has 0 aliphatic carbocycles. The summed E-state index contributed by atoms with van der Waals surface area (Å²) in [7, 11) is 0. The molecule has 16 heavy (non-hydrogen) atoms. The third-order valence-corrected chi connectivity index (χ3v) is 2.10. The van der Waals surface area contributed by atoms with Gasteiger partial charge in [-0.3, -0.25) is 0 Å². The normalized spacial score (nSPS) is 9.75. The van der Waals surface area contributed by atoms with Crippen LogP contribution in [0.2, 0.25) is 0 Å². The van der Waals surface area contributed by atoms with Crippen molar-refractivity contribution in [3.8, 4) is 11.8 Å². The first-order valence-corrected chi connectivity index (χ1v) is 5.57. The number of rotatable bonds is 7. The quantitative estimate of drug-likeness (QED) is 0.662. The molecule has 0 aliphatic rings. The molecule has 0 atom stereocenters. The number of nitriles is 1. The molecule has 0 N–H and O–H groups in total. The summed E-state index contributed by atoms with van der Waals surface area (Å²) in [5.41, 5.74) is 0.615. The average molecular weight is 219 g/mol. The van der Waals surface area contributed by atoms with Gasteiger partial charge < -0.3 is 9.47 Å². The molecule has 0 spiro atoms. The molecule has 0 aliphatic heterocycles. The van der Waals surface area contributed by atoms with Crippen molar-refractivity contribution in [3.63, 3.8) is 0 Å². The number of ether oxygens (including phenoxy) is 2. The molecule has 0 amide bonds. The topological polar surface area (TPSA) is 42.2 Å². The van der Waals surface area contributed by atoms with E-state index in [1.54, 1.807) is 12.1 Å². The zero-order valence-corrected chi connectivity index (χ0v) is 9.61. The van der Waals surface area contributed by atoms with Crippen LogP contribution in [0.4, 0.5) is 0 Å². The summed E-state index contributed by atoms with van der Waals surface area (Å²) in [6.45, 7) is 4.04. The smallest absolute Gasteiger partial charge is 0.120 e. The minimum Gasteiger partial charge on any atom is -0.491 e. The van der Waals surface area contributed by atoms with Crippen LogP contribution in [0.5, 0.6) is 5.75 Å². The minimum absolute atomic E-state index is 0.526. The molecule has 3 heteroatoms. The van der Waals surface area contributed by atoms with Crippen molar-refractivity contribution >= 4 is 0 Å². The van der Waals surface area contributed by atoms with Gasteiger partial charge in [0.25, 0.3) is 0 Å². The van der Waals surface area contributed by atoms with Gasteiger partial charge in [-0.05, 0) is 24.6 Å². The van der Waals surface area contributed by atoms with E-state index in [1.165, 1.54) is 0 Å². The SMILES string of the molecule is CCCCOCCOc1cccc(C#N)c1. The molecule has 0 bridgehead atoms. The Labute approximate surface area is 96.6 Å². The summed E-state index contributed by atoms with van der Waals surface area (Å²) >= 11 is 0. The van der Waals surface area contributed by atoms with Crippen LogP contribution in [0.15, 0.2) is 24.3 Å². The Bertz CT molecular complexity index is 344. The maximum atomic E-state index is 8.70. The minimum atomic E-state index is 0.526. The van der Waals surface area contributed by atoms with E-state index in [-0.39, 0.29) is 0 Å². The second-order valence-electron chi connectivity index (χ2n) is 3.45. The molecule has 0 saturated carbocycles. The van der Waals surface area contributed by atoms with Crippen molar-refractivity contribution in [2.24, 2.45) is 0 Å². The summed E-state index contributed by atoms with van der Waals surface area (Å²) in [6, 6.07) is 9.21. The highest BCUT2D eigenvalue weighted by molar-refractivity contribution is 5.36. The van der Waals surface area contributed by atoms with Gasteiger partial charge in [0.2, 0.25) is 0 Å². The second-order valence-corrected chi connectivity index (χ2v) is 3.45. The third kappa shape index (κ3) is 4.81. The van der Waals surface area contributed by atoms with Crippen molar-refractivity contribution in [2.75, 3.05) is 19.8 Å². The molecule has 0 radical (unpaired) electrons. The van der Waals surface area contributed by atoms with Crippen molar-refractivity contribution in [2.45, 2.75) is 19.8 Å². The van der Waals surface area contributed by atoms with Crippen LogP contribution in [0.1, 0.15) is 25.3 Å². The highest BCUT2D eigenvalue weighted by Crippen LogP contribution is 2.12. The van der Waals surface area contributed by atoms with Gasteiger partial charge in [0.05, 0.1) is 18.2 Å². The Morgan fingerprint density at radius 3 is 2.88 bits per heavy atom. The zero-order chi connectivity index (χ0) is 11.6. The summed E-state index contributed by atoms with van der Waals surface area (Å²) in [4.78, 5) is 0. The van der Waals surface area contributed by atoms with E-state index < -0.39 is 0 Å². The molecule has 1 aromatic carbocycles. The maximum absolute atomic E-state index is 8.70. The highest BCUT2D eigenvalue weighted by Gasteiger charge is 1.95. The molecule has 86 valence electrons. The standard InChI is InChI=1S/C13H17NO2/c1-2-3-7-15-8-9-16-13-6-4-5-12(10-13)11-14/h4-6,10H,2-3,7-9H2,1H3. The van der Waals surface area contributed by atoms with Crippen LogP contribution in [0, 0.1) is 11.3 Å². The molecule has 3 nitrogen and oxygen atoms in total. The van der Waals surface area contributed by atoms with E-state index >= 15 is 0 Å². The lowest BCUT2D eigenvalue weighted by Gasteiger charge is -2.06. The largest absolute Gasteiger partial charge is 0.491 e. The third-order valence-electron chi connectivity index (χ3n) is 2.10. The lowest BCUT2D eigenvalue weighted by molar-refractivity contribution is 0.0980. The van der Waals surface area contributed by atoms with E-state index in [0.717, 1.165) is 25.2 Å². The van der Waals surface area contributed by atoms with Crippen LogP contribution in [-0.4, -0.2) is 19.8 Å². The van der Waals surface area contributed by atoms with Gasteiger partial charge in [-0.2, -0.15) is 5.26 Å². The van der Waals surface area contributed by atoms with Crippen molar-refractivity contribution in [1.29, 1.82) is 5.26 Å². The monoisotopic (exact) mass is 219 g/mol. The molecule has 0 saturated heterocycles. The fraction of sp³-hybridized carbons (Fsp3) is 0.462. The first-order valence-electron chi connectivity index (χ1n) is 5.57. The maximum Gasteiger partial charge on any atom is 0.120 e. The van der Waals surface area contributed by atoms with Crippen molar-refractivity contribution in [1.82, 2.24) is 0 Å². The van der Waals surface area contributed by atoms with Gasteiger partial charge in [-0.1, -0.05) is 19.4 Å². The molecular weight excluding hydrogens is 202 g/mol. The average Bonchev–Trinajstić information content (AvgIpc) is 2.34. The molecule has 0 fully saturated rings. The Kier molecular flexibility index (Phi) is 6.05. The molecule has 0 unspecified atom stereocenters. The highest BCUT2D eigenvalue weighted by atomic mass is 16.5. The summed E-state index contributed by atoms with van der Waals surface area (Å²) < 4.78 is 10.8. The van der Waals surface area contributed by atoms with E-state index in [0.29, 0.717) is 18.8 Å². The summed E-state index contributed by atoms with van der Waals surface area (Å²) in [6.07, 6.45) is 2.23. The van der Waals surface area contributed by atoms with Gasteiger partial charge in [-0.15, -0.1) is 0 Å². The van der Waals surface area contributed by atoms with Crippen molar-refractivity contribution in [3.05, 3.63) is 29.8 Å². The number of nitrogens with zero attached hydrogens (tertiary/aromatic N) is 1. The van der Waals surface area contributed by atoms with Crippen LogP contribution >= 0.6 is 0 Å². The van der Waals surface area contributed by atoms with Gasteiger partial charge in [-0.25, -0.2) is 0 Å². The number of hydrogen-bond donors (Lipinski definition) is 0. The number of hydrogen-bond acceptors (Lipinski definition) is 3. The fourth-order valence-corrected chi connectivity index (χ4v) is 1.22. The molecule has 0 heterocycles. The molecule has 0 aromatic heterocycles. The number of benzene rings is 1. The van der Waals surface area contributed by atoms with Gasteiger partial charge in [0.1, 0.15) is 12.4 Å². The Morgan fingerprint density at radius 2 is 2.12 bits per heavy atom. The Morgan fingerprint density at radius 1 is 1.25 bits per heavy atom. The zero-order valence-electron chi connectivity index (χ0n) is 9.61. The molecule has 1 aromatic rings. The predicted octanol–water partition coefficient (Wildman–Crippen LogP) is 2.75. The first-order chi connectivity index (χ1) is 7.86. The van der Waals surface area contributed by atoms with Crippen LogP contribution in [0.3, 0.4) is 0 Å². The van der Waals surface area contributed by atoms with E-state index in [1.807, 2.05) is 12.1 Å². The fourth-order valence-electron chi connectivity index (χ4n) is 1.22. The first kappa shape index (κ1) is 12.5. The molecular formula is C13H17NO2. The van der Waals surface area contributed by atoms with E-state index in [9.17, 15) is 0 Å². The summed E-state index contributed by atoms with van der Waals surface area (Å²) in [5, 5.41) is 8.70. The Balaban J connectivity index is 2.19. The van der Waals surface area contributed by atoms with E-state index in [2.05, 4.69) is 13.0 Å². The van der Waals surface area contributed by atoms with Crippen LogP contribution in [0.25, 0.3) is 0 Å². The molecule has 1 rings (SSSR count). The van der Waals surface area contributed by atoms with Crippen LogP contribution in [-0.2, 0) is 4.74 Å². The van der Waals surface area contributed by atoms with Crippen molar-refractivity contribution < 1.29 is 9.47 Å². The lowest BCUT2D eigenvalue weighted by Crippen LogP contribution is -2.07. The van der Waals surface area contributed by atoms with E-state index in [4.69, 9.17) is 14.7 Å². The summed E-state index contributed by atoms with van der Waals surface area (Å²) in [5.74, 6) is 0.721.